The lowest BCUT2D eigenvalue weighted by molar-refractivity contribution is -0.121. The monoisotopic (exact) mass is 357 g/mol. The van der Waals surface area contributed by atoms with Gasteiger partial charge in [0.1, 0.15) is 17.6 Å². The molecule has 0 aromatic heterocycles. The van der Waals surface area contributed by atoms with Crippen molar-refractivity contribution in [3.8, 4) is 11.5 Å². The lowest BCUT2D eigenvalue weighted by Gasteiger charge is -2.16. The van der Waals surface area contributed by atoms with Crippen LogP contribution in [0, 0.1) is 0 Å². The minimum Gasteiger partial charge on any atom is -0.497 e. The maximum Gasteiger partial charge on any atom is 0.335 e. The van der Waals surface area contributed by atoms with Gasteiger partial charge < -0.3 is 19.9 Å². The van der Waals surface area contributed by atoms with Gasteiger partial charge in [0, 0.05) is 6.42 Å². The summed E-state index contributed by atoms with van der Waals surface area (Å²) in [5.41, 5.74) is 0.884. The number of carboxylic acids is 1. The van der Waals surface area contributed by atoms with Gasteiger partial charge in [-0.05, 0) is 49.2 Å². The zero-order valence-corrected chi connectivity index (χ0v) is 14.9. The third-order valence-electron chi connectivity index (χ3n) is 3.85. The topological polar surface area (TPSA) is 84.9 Å². The van der Waals surface area contributed by atoms with Crippen LogP contribution >= 0.6 is 0 Å². The van der Waals surface area contributed by atoms with Crippen molar-refractivity contribution in [1.82, 2.24) is 5.32 Å². The van der Waals surface area contributed by atoms with E-state index >= 15 is 0 Å². The second-order valence-electron chi connectivity index (χ2n) is 5.87. The van der Waals surface area contributed by atoms with E-state index in [0.717, 1.165) is 5.75 Å². The second kappa shape index (κ2) is 9.46. The molecule has 0 spiro atoms. The zero-order valence-electron chi connectivity index (χ0n) is 14.9. The van der Waals surface area contributed by atoms with Crippen molar-refractivity contribution in [3.63, 3.8) is 0 Å². The minimum absolute atomic E-state index is 0.143. The number of ether oxygens (including phenoxy) is 2. The minimum atomic E-state index is -0.984. The number of benzene rings is 2. The molecule has 0 heterocycles. The summed E-state index contributed by atoms with van der Waals surface area (Å²) in [4.78, 5) is 23.2. The van der Waals surface area contributed by atoms with Crippen molar-refractivity contribution in [2.45, 2.75) is 25.9 Å². The molecule has 1 amide bonds. The molecule has 138 valence electrons. The Morgan fingerprint density at radius 1 is 1.08 bits per heavy atom. The van der Waals surface area contributed by atoms with Crippen LogP contribution in [0.2, 0.25) is 0 Å². The second-order valence-corrected chi connectivity index (χ2v) is 5.87. The molecule has 0 bridgehead atoms. The number of hydrogen-bond acceptors (Lipinski definition) is 4. The molecule has 0 aliphatic carbocycles. The first-order valence-electron chi connectivity index (χ1n) is 8.38. The van der Waals surface area contributed by atoms with Crippen molar-refractivity contribution in [2.24, 2.45) is 0 Å². The van der Waals surface area contributed by atoms with Crippen LogP contribution in [0.4, 0.5) is 0 Å². The van der Waals surface area contributed by atoms with Crippen LogP contribution in [0.1, 0.15) is 29.3 Å². The molecule has 2 aromatic rings. The normalized spacial score (nSPS) is 11.5. The lowest BCUT2D eigenvalue weighted by atomic mass is 10.0. The van der Waals surface area contributed by atoms with Crippen molar-refractivity contribution in [2.75, 3.05) is 13.7 Å². The van der Waals surface area contributed by atoms with Gasteiger partial charge >= 0.3 is 5.97 Å². The van der Waals surface area contributed by atoms with Crippen molar-refractivity contribution < 1.29 is 24.2 Å². The fourth-order valence-electron chi connectivity index (χ4n) is 2.47. The molecule has 0 fully saturated rings. The number of hydrogen-bond donors (Lipinski definition) is 2. The Hall–Kier alpha value is -3.02. The molecule has 6 heteroatoms. The van der Waals surface area contributed by atoms with Gasteiger partial charge in [0.05, 0.1) is 19.2 Å². The van der Waals surface area contributed by atoms with E-state index in [0.29, 0.717) is 24.3 Å². The number of amides is 1. The third kappa shape index (κ3) is 5.81. The molecule has 0 aliphatic rings. The van der Waals surface area contributed by atoms with E-state index in [9.17, 15) is 9.59 Å². The molecule has 0 aliphatic heterocycles. The van der Waals surface area contributed by atoms with E-state index in [2.05, 4.69) is 5.32 Å². The van der Waals surface area contributed by atoms with E-state index in [1.165, 1.54) is 0 Å². The largest absolute Gasteiger partial charge is 0.497 e. The molecular weight excluding hydrogens is 334 g/mol. The van der Waals surface area contributed by atoms with E-state index in [1.54, 1.807) is 55.6 Å². The Balaban J connectivity index is 1.76. The van der Waals surface area contributed by atoms with Gasteiger partial charge in [-0.25, -0.2) is 4.79 Å². The van der Waals surface area contributed by atoms with E-state index in [-0.39, 0.29) is 24.0 Å². The SMILES string of the molecule is COc1ccc(OC(C)CNC(=O)CCc2ccccc2C(=O)O)cc1. The number of nitrogens with one attached hydrogen (secondary N) is 1. The van der Waals surface area contributed by atoms with Crippen LogP contribution in [-0.2, 0) is 11.2 Å². The van der Waals surface area contributed by atoms with Crippen LogP contribution in [0.3, 0.4) is 0 Å². The van der Waals surface area contributed by atoms with Gasteiger partial charge in [0.2, 0.25) is 5.91 Å². The molecule has 0 saturated heterocycles. The summed E-state index contributed by atoms with van der Waals surface area (Å²) < 4.78 is 10.8. The highest BCUT2D eigenvalue weighted by Gasteiger charge is 2.11. The first-order valence-corrected chi connectivity index (χ1v) is 8.38. The molecule has 1 atom stereocenters. The van der Waals surface area contributed by atoms with Gasteiger partial charge in [-0.3, -0.25) is 4.79 Å². The zero-order chi connectivity index (χ0) is 18.9. The Labute approximate surface area is 152 Å². The summed E-state index contributed by atoms with van der Waals surface area (Å²) in [5, 5.41) is 12.0. The fourth-order valence-corrected chi connectivity index (χ4v) is 2.47. The molecule has 0 saturated carbocycles. The maximum atomic E-state index is 12.0. The van der Waals surface area contributed by atoms with Crippen LogP contribution in [-0.4, -0.2) is 36.7 Å². The van der Waals surface area contributed by atoms with Crippen LogP contribution < -0.4 is 14.8 Å². The number of aryl methyl sites for hydroxylation is 1. The van der Waals surface area contributed by atoms with Gasteiger partial charge in [-0.2, -0.15) is 0 Å². The average molecular weight is 357 g/mol. The van der Waals surface area contributed by atoms with E-state index < -0.39 is 5.97 Å². The summed E-state index contributed by atoms with van der Waals surface area (Å²) in [7, 11) is 1.60. The predicted molar refractivity (Wildman–Crippen MR) is 97.8 cm³/mol. The van der Waals surface area contributed by atoms with E-state index in [4.69, 9.17) is 14.6 Å². The third-order valence-corrected chi connectivity index (χ3v) is 3.85. The Morgan fingerprint density at radius 2 is 1.73 bits per heavy atom. The van der Waals surface area contributed by atoms with Gasteiger partial charge in [-0.15, -0.1) is 0 Å². The van der Waals surface area contributed by atoms with Crippen LogP contribution in [0.5, 0.6) is 11.5 Å². The first kappa shape index (κ1) is 19.3. The maximum absolute atomic E-state index is 12.0. The smallest absolute Gasteiger partial charge is 0.335 e. The van der Waals surface area contributed by atoms with Crippen molar-refractivity contribution >= 4 is 11.9 Å². The van der Waals surface area contributed by atoms with Crippen LogP contribution in [0.15, 0.2) is 48.5 Å². The number of carbonyl (C=O) groups is 2. The number of carboxylic acid groups (broad SMARTS) is 1. The molecule has 2 N–H and O–H groups in total. The molecule has 0 radical (unpaired) electrons. The number of carbonyl (C=O) groups excluding carboxylic acids is 1. The quantitative estimate of drug-likeness (QED) is 0.721. The molecule has 6 nitrogen and oxygen atoms in total. The number of methoxy groups -OCH3 is 1. The Morgan fingerprint density at radius 3 is 2.38 bits per heavy atom. The Kier molecular flexibility index (Phi) is 7.02. The summed E-state index contributed by atoms with van der Waals surface area (Å²) >= 11 is 0. The Bertz CT molecular complexity index is 742. The highest BCUT2D eigenvalue weighted by atomic mass is 16.5. The van der Waals surface area contributed by atoms with Gasteiger partial charge in [-0.1, -0.05) is 18.2 Å². The molecule has 26 heavy (non-hydrogen) atoms. The lowest BCUT2D eigenvalue weighted by Crippen LogP contribution is -2.33. The van der Waals surface area contributed by atoms with Gasteiger partial charge in [0.15, 0.2) is 0 Å². The molecule has 2 rings (SSSR count). The van der Waals surface area contributed by atoms with Gasteiger partial charge in [0.25, 0.3) is 0 Å². The highest BCUT2D eigenvalue weighted by Crippen LogP contribution is 2.18. The van der Waals surface area contributed by atoms with E-state index in [1.807, 2.05) is 6.92 Å². The molecule has 2 aromatic carbocycles. The summed E-state index contributed by atoms with van der Waals surface area (Å²) in [6.45, 7) is 2.23. The number of rotatable bonds is 9. The molecule has 1 unspecified atom stereocenters. The van der Waals surface area contributed by atoms with Crippen LogP contribution in [0.25, 0.3) is 0 Å². The summed E-state index contributed by atoms with van der Waals surface area (Å²) in [6, 6.07) is 13.9. The standard InChI is InChI=1S/C20H23NO5/c1-14(26-17-10-8-16(25-2)9-11-17)13-21-19(22)12-7-15-5-3-4-6-18(15)20(23)24/h3-6,8-11,14H,7,12-13H2,1-2H3,(H,21,22)(H,23,24). The van der Waals surface area contributed by atoms with Crippen molar-refractivity contribution in [3.05, 3.63) is 59.7 Å². The molecular formula is C20H23NO5. The first-order chi connectivity index (χ1) is 12.5. The van der Waals surface area contributed by atoms with Crippen molar-refractivity contribution in [1.29, 1.82) is 0 Å². The summed E-state index contributed by atoms with van der Waals surface area (Å²) in [5.74, 6) is 0.320. The predicted octanol–water partition coefficient (Wildman–Crippen LogP) is 2.91. The number of aromatic carboxylic acids is 1. The average Bonchev–Trinajstić information content (AvgIpc) is 2.65. The highest BCUT2D eigenvalue weighted by molar-refractivity contribution is 5.89. The summed E-state index contributed by atoms with van der Waals surface area (Å²) in [6.07, 6.45) is 0.403. The fraction of sp³-hybridized carbons (Fsp3) is 0.300.